The number of hydrogen-bond donors (Lipinski definition) is 2. The summed E-state index contributed by atoms with van der Waals surface area (Å²) in [6, 6.07) is 8.77. The summed E-state index contributed by atoms with van der Waals surface area (Å²) in [6.45, 7) is 0.522. The molecule has 1 aromatic heterocycles. The standard InChI is InChI=1S/C16H19N3O4S/c1-17-24(21,22)11-9-14(19(2)10-11)16(20)18-13-7-8-23-15-6-4-3-5-12(13)15/h3-6,9-10,13,17H,7-8H2,1-2H3,(H,18,20). The van der Waals surface area contributed by atoms with Gasteiger partial charge in [-0.3, -0.25) is 4.79 Å². The second-order valence-corrected chi connectivity index (χ2v) is 7.47. The number of sulfonamides is 1. The third kappa shape index (κ3) is 3.02. The summed E-state index contributed by atoms with van der Waals surface area (Å²) in [5, 5.41) is 2.96. The number of fused-ring (bicyclic) bond motifs is 1. The molecule has 2 aromatic rings. The van der Waals surface area contributed by atoms with E-state index in [2.05, 4.69) is 10.0 Å². The Morgan fingerprint density at radius 3 is 2.83 bits per heavy atom. The third-order valence-electron chi connectivity index (χ3n) is 4.06. The number of nitrogens with zero attached hydrogens (tertiary/aromatic N) is 1. The van der Waals surface area contributed by atoms with Crippen LogP contribution >= 0.6 is 0 Å². The lowest BCUT2D eigenvalue weighted by Gasteiger charge is -2.26. The third-order valence-corrected chi connectivity index (χ3v) is 5.44. The molecule has 7 nitrogen and oxygen atoms in total. The van der Waals surface area contributed by atoms with Gasteiger partial charge in [0.2, 0.25) is 10.0 Å². The van der Waals surface area contributed by atoms with Gasteiger partial charge in [0.1, 0.15) is 16.3 Å². The minimum Gasteiger partial charge on any atom is -0.493 e. The first kappa shape index (κ1) is 16.5. The predicted octanol–water partition coefficient (Wildman–Crippen LogP) is 1.19. The largest absolute Gasteiger partial charge is 0.493 e. The highest BCUT2D eigenvalue weighted by Crippen LogP contribution is 2.31. The fraction of sp³-hybridized carbons (Fsp3) is 0.312. The zero-order valence-electron chi connectivity index (χ0n) is 13.4. The SMILES string of the molecule is CNS(=O)(=O)c1cc(C(=O)NC2CCOc3ccccc32)n(C)c1. The summed E-state index contributed by atoms with van der Waals surface area (Å²) in [5.74, 6) is 0.441. The summed E-state index contributed by atoms with van der Waals surface area (Å²) < 4.78 is 33.1. The Morgan fingerprint density at radius 1 is 1.33 bits per heavy atom. The van der Waals surface area contributed by atoms with E-state index in [1.165, 1.54) is 23.9 Å². The van der Waals surface area contributed by atoms with Crippen LogP contribution in [0.3, 0.4) is 0 Å². The van der Waals surface area contributed by atoms with Gasteiger partial charge in [0.25, 0.3) is 5.91 Å². The first-order valence-corrected chi connectivity index (χ1v) is 9.03. The maximum atomic E-state index is 12.6. The molecule has 1 aromatic carbocycles. The molecule has 0 saturated carbocycles. The molecule has 1 aliphatic heterocycles. The lowest BCUT2D eigenvalue weighted by Crippen LogP contribution is -2.33. The van der Waals surface area contributed by atoms with Crippen LogP contribution in [0.25, 0.3) is 0 Å². The van der Waals surface area contributed by atoms with Gasteiger partial charge in [-0.1, -0.05) is 18.2 Å². The van der Waals surface area contributed by atoms with E-state index in [9.17, 15) is 13.2 Å². The van der Waals surface area contributed by atoms with Gasteiger partial charge in [0.15, 0.2) is 0 Å². The van der Waals surface area contributed by atoms with Gasteiger partial charge in [-0.25, -0.2) is 13.1 Å². The number of hydrogen-bond acceptors (Lipinski definition) is 4. The van der Waals surface area contributed by atoms with E-state index in [1.807, 2.05) is 24.3 Å². The summed E-state index contributed by atoms with van der Waals surface area (Å²) in [6.07, 6.45) is 2.08. The topological polar surface area (TPSA) is 89.4 Å². The van der Waals surface area contributed by atoms with Gasteiger partial charge in [-0.2, -0.15) is 0 Å². The number of ether oxygens (including phenoxy) is 1. The van der Waals surface area contributed by atoms with Crippen molar-refractivity contribution in [2.45, 2.75) is 17.4 Å². The highest BCUT2D eigenvalue weighted by atomic mass is 32.2. The smallest absolute Gasteiger partial charge is 0.268 e. The fourth-order valence-electron chi connectivity index (χ4n) is 2.75. The molecule has 128 valence electrons. The molecular weight excluding hydrogens is 330 g/mol. The number of benzene rings is 1. The molecule has 1 amide bonds. The van der Waals surface area contributed by atoms with Crippen molar-refractivity contribution in [1.29, 1.82) is 0 Å². The van der Waals surface area contributed by atoms with Crippen molar-refractivity contribution in [3.63, 3.8) is 0 Å². The maximum Gasteiger partial charge on any atom is 0.268 e. The number of aromatic nitrogens is 1. The second kappa shape index (κ2) is 6.29. The van der Waals surface area contributed by atoms with E-state index in [0.29, 0.717) is 13.0 Å². The Balaban J connectivity index is 1.84. The molecule has 24 heavy (non-hydrogen) atoms. The number of rotatable bonds is 4. The first-order valence-electron chi connectivity index (χ1n) is 7.55. The molecule has 0 bridgehead atoms. The monoisotopic (exact) mass is 349 g/mol. The molecule has 3 rings (SSSR count). The zero-order valence-corrected chi connectivity index (χ0v) is 14.3. The van der Waals surface area contributed by atoms with E-state index in [4.69, 9.17) is 4.74 Å². The number of para-hydroxylation sites is 1. The van der Waals surface area contributed by atoms with Crippen molar-refractivity contribution in [2.75, 3.05) is 13.7 Å². The van der Waals surface area contributed by atoms with E-state index in [0.717, 1.165) is 11.3 Å². The van der Waals surface area contributed by atoms with Crippen molar-refractivity contribution < 1.29 is 17.9 Å². The number of nitrogens with one attached hydrogen (secondary N) is 2. The number of carbonyl (C=O) groups excluding carboxylic acids is 1. The quantitative estimate of drug-likeness (QED) is 0.868. The van der Waals surface area contributed by atoms with Crippen LogP contribution in [0.15, 0.2) is 41.4 Å². The number of aryl methyl sites for hydroxylation is 1. The molecule has 0 spiro atoms. The van der Waals surface area contributed by atoms with Gasteiger partial charge < -0.3 is 14.6 Å². The average Bonchev–Trinajstić information content (AvgIpc) is 2.98. The summed E-state index contributed by atoms with van der Waals surface area (Å²) >= 11 is 0. The van der Waals surface area contributed by atoms with E-state index in [1.54, 1.807) is 7.05 Å². The van der Waals surface area contributed by atoms with Crippen LogP contribution < -0.4 is 14.8 Å². The molecular formula is C16H19N3O4S. The molecule has 1 unspecified atom stereocenters. The summed E-state index contributed by atoms with van der Waals surface area (Å²) in [7, 11) is -0.611. The molecule has 1 aliphatic rings. The molecule has 0 fully saturated rings. The lowest BCUT2D eigenvalue weighted by atomic mass is 10.0. The molecule has 1 atom stereocenters. The first-order chi connectivity index (χ1) is 11.4. The molecule has 0 radical (unpaired) electrons. The number of amides is 1. The van der Waals surface area contributed by atoms with Crippen LogP contribution in [0.2, 0.25) is 0 Å². The van der Waals surface area contributed by atoms with E-state index < -0.39 is 10.0 Å². The van der Waals surface area contributed by atoms with Gasteiger partial charge in [-0.15, -0.1) is 0 Å². The van der Waals surface area contributed by atoms with E-state index >= 15 is 0 Å². The Labute approximate surface area is 140 Å². The normalized spacial score (nSPS) is 17.0. The van der Waals surface area contributed by atoms with Crippen LogP contribution in [-0.2, 0) is 17.1 Å². The van der Waals surface area contributed by atoms with Crippen molar-refractivity contribution in [1.82, 2.24) is 14.6 Å². The minimum atomic E-state index is -3.59. The van der Waals surface area contributed by atoms with Crippen LogP contribution in [-0.4, -0.2) is 32.5 Å². The Hall–Kier alpha value is -2.32. The zero-order chi connectivity index (χ0) is 17.3. The number of carbonyl (C=O) groups is 1. The van der Waals surface area contributed by atoms with Gasteiger partial charge in [-0.05, 0) is 19.2 Å². The summed E-state index contributed by atoms with van der Waals surface area (Å²) in [5.41, 5.74) is 1.21. The van der Waals surface area contributed by atoms with Crippen LogP contribution in [0.1, 0.15) is 28.5 Å². The Morgan fingerprint density at radius 2 is 2.08 bits per heavy atom. The maximum absolute atomic E-state index is 12.6. The Bertz CT molecular complexity index is 873. The highest BCUT2D eigenvalue weighted by Gasteiger charge is 2.25. The molecule has 8 heteroatoms. The second-order valence-electron chi connectivity index (χ2n) is 5.58. The van der Waals surface area contributed by atoms with Crippen molar-refractivity contribution in [3.8, 4) is 5.75 Å². The molecule has 2 heterocycles. The fourth-order valence-corrected chi connectivity index (χ4v) is 3.55. The highest BCUT2D eigenvalue weighted by molar-refractivity contribution is 7.89. The van der Waals surface area contributed by atoms with E-state index in [-0.39, 0.29) is 22.5 Å². The van der Waals surface area contributed by atoms with Crippen molar-refractivity contribution >= 4 is 15.9 Å². The van der Waals surface area contributed by atoms with Crippen LogP contribution in [0.4, 0.5) is 0 Å². The minimum absolute atomic E-state index is 0.0602. The molecule has 0 aliphatic carbocycles. The van der Waals surface area contributed by atoms with Crippen LogP contribution in [0, 0.1) is 0 Å². The average molecular weight is 349 g/mol. The van der Waals surface area contributed by atoms with Crippen LogP contribution in [0.5, 0.6) is 5.75 Å². The molecule has 0 saturated heterocycles. The van der Waals surface area contributed by atoms with Gasteiger partial charge >= 0.3 is 0 Å². The Kier molecular flexibility index (Phi) is 4.33. The van der Waals surface area contributed by atoms with Gasteiger partial charge in [0, 0.05) is 25.2 Å². The van der Waals surface area contributed by atoms with Crippen molar-refractivity contribution in [3.05, 3.63) is 47.8 Å². The van der Waals surface area contributed by atoms with Crippen molar-refractivity contribution in [2.24, 2.45) is 7.05 Å². The lowest BCUT2D eigenvalue weighted by molar-refractivity contribution is 0.0916. The predicted molar refractivity (Wildman–Crippen MR) is 88.4 cm³/mol. The summed E-state index contributed by atoms with van der Waals surface area (Å²) in [4.78, 5) is 12.6. The molecule has 2 N–H and O–H groups in total. The van der Waals surface area contributed by atoms with Gasteiger partial charge in [0.05, 0.1) is 12.6 Å².